The minimum atomic E-state index is -0.666. The molecule has 0 saturated heterocycles. The zero-order valence-electron chi connectivity index (χ0n) is 12.2. The van der Waals surface area contributed by atoms with Gasteiger partial charge in [-0.25, -0.2) is 0 Å². The second-order valence-corrected chi connectivity index (χ2v) is 4.62. The molecule has 5 heteroatoms. The molecule has 1 rings (SSSR count). The van der Waals surface area contributed by atoms with Crippen molar-refractivity contribution < 1.29 is 19.3 Å². The third-order valence-electron chi connectivity index (χ3n) is 2.71. The molecule has 0 aliphatic carbocycles. The number of hydrogen-bond acceptors (Lipinski definition) is 5. The van der Waals surface area contributed by atoms with Crippen LogP contribution in [0.15, 0.2) is 24.3 Å². The summed E-state index contributed by atoms with van der Waals surface area (Å²) in [5.41, 5.74) is 6.56. The van der Waals surface area contributed by atoms with E-state index in [1.54, 1.807) is 0 Å². The van der Waals surface area contributed by atoms with Gasteiger partial charge >= 0.3 is 0 Å². The van der Waals surface area contributed by atoms with Crippen LogP contribution in [0.2, 0.25) is 0 Å². The van der Waals surface area contributed by atoms with Crippen LogP contribution in [0, 0.1) is 0 Å². The zero-order valence-corrected chi connectivity index (χ0v) is 12.2. The van der Waals surface area contributed by atoms with E-state index in [1.807, 2.05) is 38.1 Å². The summed E-state index contributed by atoms with van der Waals surface area (Å²) in [6.45, 7) is 5.93. The average Bonchev–Trinajstić information content (AvgIpc) is 2.49. The molecule has 0 saturated carbocycles. The Morgan fingerprint density at radius 3 is 2.75 bits per heavy atom. The zero-order chi connectivity index (χ0) is 14.8. The molecule has 0 amide bonds. The summed E-state index contributed by atoms with van der Waals surface area (Å²) in [6.07, 6.45) is -0.703. The van der Waals surface area contributed by atoms with E-state index in [2.05, 4.69) is 0 Å². The van der Waals surface area contributed by atoms with Crippen molar-refractivity contribution in [1.82, 2.24) is 0 Å². The van der Waals surface area contributed by atoms with Gasteiger partial charge in [-0.05, 0) is 31.5 Å². The predicted molar refractivity (Wildman–Crippen MR) is 77.7 cm³/mol. The highest BCUT2D eigenvalue weighted by molar-refractivity contribution is 5.28. The SMILES string of the molecule is CCOCC(C)OCC(O)COc1cccc(CN)c1. The molecule has 2 unspecified atom stereocenters. The molecule has 1 aromatic carbocycles. The number of ether oxygens (including phenoxy) is 3. The molecule has 0 radical (unpaired) electrons. The Hall–Kier alpha value is -1.14. The molecule has 2 atom stereocenters. The minimum absolute atomic E-state index is 0.0369. The Bertz CT molecular complexity index is 373. The van der Waals surface area contributed by atoms with Crippen LogP contribution in [0.4, 0.5) is 0 Å². The van der Waals surface area contributed by atoms with Crippen LogP contribution < -0.4 is 10.5 Å². The lowest BCUT2D eigenvalue weighted by Crippen LogP contribution is -2.27. The van der Waals surface area contributed by atoms with E-state index in [-0.39, 0.29) is 19.3 Å². The number of rotatable bonds is 10. The van der Waals surface area contributed by atoms with Crippen molar-refractivity contribution in [2.45, 2.75) is 32.6 Å². The normalized spacial score (nSPS) is 14.0. The van der Waals surface area contributed by atoms with Crippen molar-refractivity contribution in [3.8, 4) is 5.75 Å². The molecule has 0 spiro atoms. The van der Waals surface area contributed by atoms with Crippen LogP contribution in [0.25, 0.3) is 0 Å². The molecule has 114 valence electrons. The lowest BCUT2D eigenvalue weighted by atomic mass is 10.2. The standard InChI is InChI=1S/C15H25NO4/c1-3-18-9-12(2)19-10-14(17)11-20-15-6-4-5-13(7-15)8-16/h4-7,12,14,17H,3,8-11,16H2,1-2H3. The van der Waals surface area contributed by atoms with Crippen molar-refractivity contribution in [3.63, 3.8) is 0 Å². The van der Waals surface area contributed by atoms with E-state index in [0.29, 0.717) is 25.5 Å². The van der Waals surface area contributed by atoms with Gasteiger partial charge in [-0.2, -0.15) is 0 Å². The summed E-state index contributed by atoms with van der Waals surface area (Å²) in [7, 11) is 0. The van der Waals surface area contributed by atoms with Gasteiger partial charge in [0.1, 0.15) is 18.5 Å². The van der Waals surface area contributed by atoms with Gasteiger partial charge < -0.3 is 25.1 Å². The van der Waals surface area contributed by atoms with Crippen molar-refractivity contribution in [1.29, 1.82) is 0 Å². The molecule has 0 aromatic heterocycles. The molecule has 3 N–H and O–H groups in total. The molecular weight excluding hydrogens is 258 g/mol. The summed E-state index contributed by atoms with van der Waals surface area (Å²) in [4.78, 5) is 0. The summed E-state index contributed by atoms with van der Waals surface area (Å²) >= 11 is 0. The summed E-state index contributed by atoms with van der Waals surface area (Å²) in [6, 6.07) is 7.52. The lowest BCUT2D eigenvalue weighted by molar-refractivity contribution is -0.0480. The smallest absolute Gasteiger partial charge is 0.119 e. The van der Waals surface area contributed by atoms with Gasteiger partial charge in [0.2, 0.25) is 0 Å². The van der Waals surface area contributed by atoms with Crippen molar-refractivity contribution in [3.05, 3.63) is 29.8 Å². The van der Waals surface area contributed by atoms with E-state index in [0.717, 1.165) is 5.56 Å². The lowest BCUT2D eigenvalue weighted by Gasteiger charge is -2.17. The van der Waals surface area contributed by atoms with E-state index in [4.69, 9.17) is 19.9 Å². The maximum absolute atomic E-state index is 9.80. The number of hydrogen-bond donors (Lipinski definition) is 2. The fraction of sp³-hybridized carbons (Fsp3) is 0.600. The van der Waals surface area contributed by atoms with Gasteiger partial charge in [0.15, 0.2) is 0 Å². The number of benzene rings is 1. The maximum atomic E-state index is 9.80. The second kappa shape index (κ2) is 9.72. The van der Waals surface area contributed by atoms with Gasteiger partial charge in [0.25, 0.3) is 0 Å². The molecule has 0 fully saturated rings. The van der Waals surface area contributed by atoms with Crippen molar-refractivity contribution in [2.75, 3.05) is 26.4 Å². The molecule has 0 heterocycles. The molecule has 0 aliphatic heterocycles. The highest BCUT2D eigenvalue weighted by atomic mass is 16.5. The predicted octanol–water partition coefficient (Wildman–Crippen LogP) is 1.33. The highest BCUT2D eigenvalue weighted by Gasteiger charge is 2.09. The molecule has 1 aromatic rings. The Balaban J connectivity index is 2.23. The van der Waals surface area contributed by atoms with E-state index >= 15 is 0 Å². The minimum Gasteiger partial charge on any atom is -0.491 e. The van der Waals surface area contributed by atoms with Crippen LogP contribution in [0.3, 0.4) is 0 Å². The van der Waals surface area contributed by atoms with Gasteiger partial charge in [0.05, 0.1) is 19.3 Å². The van der Waals surface area contributed by atoms with Crippen LogP contribution in [0.1, 0.15) is 19.4 Å². The fourth-order valence-electron chi connectivity index (χ4n) is 1.61. The van der Waals surface area contributed by atoms with Crippen LogP contribution in [0.5, 0.6) is 5.75 Å². The van der Waals surface area contributed by atoms with Gasteiger partial charge in [-0.15, -0.1) is 0 Å². The fourth-order valence-corrected chi connectivity index (χ4v) is 1.61. The first-order valence-corrected chi connectivity index (χ1v) is 6.95. The summed E-state index contributed by atoms with van der Waals surface area (Å²) in [5, 5.41) is 9.80. The Morgan fingerprint density at radius 2 is 2.05 bits per heavy atom. The van der Waals surface area contributed by atoms with E-state index in [9.17, 15) is 5.11 Å². The van der Waals surface area contributed by atoms with Crippen LogP contribution in [-0.2, 0) is 16.0 Å². The largest absolute Gasteiger partial charge is 0.491 e. The summed E-state index contributed by atoms with van der Waals surface area (Å²) in [5.74, 6) is 0.703. The first kappa shape index (κ1) is 16.9. The first-order chi connectivity index (χ1) is 9.65. The third kappa shape index (κ3) is 6.86. The quantitative estimate of drug-likeness (QED) is 0.677. The molecular formula is C15H25NO4. The van der Waals surface area contributed by atoms with E-state index < -0.39 is 6.10 Å². The third-order valence-corrected chi connectivity index (χ3v) is 2.71. The Kier molecular flexibility index (Phi) is 8.22. The maximum Gasteiger partial charge on any atom is 0.119 e. The highest BCUT2D eigenvalue weighted by Crippen LogP contribution is 2.13. The molecule has 20 heavy (non-hydrogen) atoms. The summed E-state index contributed by atoms with van der Waals surface area (Å²) < 4.78 is 16.2. The Morgan fingerprint density at radius 1 is 1.25 bits per heavy atom. The van der Waals surface area contributed by atoms with Crippen molar-refractivity contribution in [2.24, 2.45) is 5.73 Å². The van der Waals surface area contributed by atoms with Gasteiger partial charge in [-0.1, -0.05) is 12.1 Å². The first-order valence-electron chi connectivity index (χ1n) is 6.95. The monoisotopic (exact) mass is 283 g/mol. The van der Waals surface area contributed by atoms with Crippen LogP contribution in [-0.4, -0.2) is 43.7 Å². The number of nitrogens with two attached hydrogens (primary N) is 1. The van der Waals surface area contributed by atoms with E-state index in [1.165, 1.54) is 0 Å². The molecule has 0 bridgehead atoms. The van der Waals surface area contributed by atoms with Gasteiger partial charge in [-0.3, -0.25) is 0 Å². The van der Waals surface area contributed by atoms with Crippen LogP contribution >= 0.6 is 0 Å². The topological polar surface area (TPSA) is 73.9 Å². The molecule has 0 aliphatic rings. The second-order valence-electron chi connectivity index (χ2n) is 4.62. The number of aliphatic hydroxyl groups is 1. The van der Waals surface area contributed by atoms with Gasteiger partial charge in [0, 0.05) is 13.2 Å². The van der Waals surface area contributed by atoms with Crippen molar-refractivity contribution >= 4 is 0 Å². The molecule has 5 nitrogen and oxygen atoms in total. The number of aliphatic hydroxyl groups excluding tert-OH is 1. The average molecular weight is 283 g/mol. The Labute approximate surface area is 120 Å².